The number of fused-ring (bicyclic) bond motifs is 11. The molecular formula is C25H35N7O5S. The number of aromatic nitrogens is 2. The standard InChI is InChI=1S/C25H35N7O5S/c1-25(2)22(33)32-18-11-14-31(16-18)24(34)26-12-5-3-4-6-13-28-38(35,36)19-9-7-17(8-10-19)29-23-27-15-20(37-25)21(32)30-23/h7-10,15,18,22,28,33H,3-6,11-14,16H2,1-2H3,(H,26,34)(H,27,29,30)/t18-,22?/m0/s1. The van der Waals surface area contributed by atoms with E-state index in [9.17, 15) is 18.3 Å². The van der Waals surface area contributed by atoms with Crippen LogP contribution in [-0.2, 0) is 10.0 Å². The van der Waals surface area contributed by atoms with E-state index in [0.717, 1.165) is 19.3 Å². The lowest BCUT2D eigenvalue weighted by Crippen LogP contribution is -2.60. The van der Waals surface area contributed by atoms with Crippen molar-refractivity contribution in [1.29, 1.82) is 0 Å². The van der Waals surface area contributed by atoms with Crippen molar-refractivity contribution in [2.24, 2.45) is 0 Å². The molecule has 1 aromatic carbocycles. The number of hydrogen-bond donors (Lipinski definition) is 4. The third-order valence-electron chi connectivity index (χ3n) is 7.18. The number of nitrogens with zero attached hydrogens (tertiary/aromatic N) is 4. The summed E-state index contributed by atoms with van der Waals surface area (Å²) in [7, 11) is -3.62. The van der Waals surface area contributed by atoms with Crippen molar-refractivity contribution < 1.29 is 23.1 Å². The van der Waals surface area contributed by atoms with Crippen LogP contribution in [0.4, 0.5) is 22.2 Å². The number of carbonyl (C=O) groups excluding carboxylic acids is 1. The molecule has 12 nitrogen and oxygen atoms in total. The molecule has 206 valence electrons. The predicted octanol–water partition coefficient (Wildman–Crippen LogP) is 2.15. The van der Waals surface area contributed by atoms with Crippen LogP contribution < -0.4 is 25.0 Å². The van der Waals surface area contributed by atoms with E-state index in [1.165, 1.54) is 12.1 Å². The Bertz CT molecular complexity index is 1270. The van der Waals surface area contributed by atoms with Crippen molar-refractivity contribution in [2.45, 2.75) is 68.7 Å². The van der Waals surface area contributed by atoms with Crippen molar-refractivity contribution >= 4 is 33.5 Å². The minimum absolute atomic E-state index is 0.127. The second-order valence-corrected chi connectivity index (χ2v) is 12.2. The zero-order valence-corrected chi connectivity index (χ0v) is 22.5. The molecule has 13 heteroatoms. The van der Waals surface area contributed by atoms with Gasteiger partial charge in [-0.05, 0) is 57.4 Å². The van der Waals surface area contributed by atoms with Gasteiger partial charge in [-0.1, -0.05) is 12.8 Å². The lowest BCUT2D eigenvalue weighted by atomic mass is 10.0. The zero-order valence-electron chi connectivity index (χ0n) is 21.7. The van der Waals surface area contributed by atoms with E-state index in [1.807, 2.05) is 4.90 Å². The van der Waals surface area contributed by atoms with E-state index in [4.69, 9.17) is 4.74 Å². The van der Waals surface area contributed by atoms with E-state index in [2.05, 4.69) is 25.3 Å². The van der Waals surface area contributed by atoms with Crippen LogP contribution in [-0.4, -0.2) is 78.5 Å². The Kier molecular flexibility index (Phi) is 7.34. The van der Waals surface area contributed by atoms with Gasteiger partial charge in [-0.3, -0.25) is 0 Å². The average Bonchev–Trinajstić information content (AvgIpc) is 3.36. The molecule has 4 N–H and O–H groups in total. The monoisotopic (exact) mass is 545 g/mol. The number of carbonyl (C=O) groups is 1. The fourth-order valence-corrected chi connectivity index (χ4v) is 6.11. The number of ether oxygens (including phenoxy) is 1. The molecule has 6 bridgehead atoms. The highest BCUT2D eigenvalue weighted by Crippen LogP contribution is 2.41. The molecule has 1 aromatic heterocycles. The van der Waals surface area contributed by atoms with Crippen molar-refractivity contribution in [3.8, 4) is 5.75 Å². The number of amides is 2. The Balaban J connectivity index is 1.46. The third kappa shape index (κ3) is 5.49. The van der Waals surface area contributed by atoms with Gasteiger partial charge in [0.2, 0.25) is 16.0 Å². The van der Waals surface area contributed by atoms with Gasteiger partial charge < -0.3 is 30.3 Å². The Morgan fingerprint density at radius 1 is 1.11 bits per heavy atom. The minimum Gasteiger partial charge on any atom is -0.478 e. The third-order valence-corrected chi connectivity index (χ3v) is 8.65. The number of anilines is 3. The molecule has 4 aliphatic rings. The second kappa shape index (κ2) is 10.5. The van der Waals surface area contributed by atoms with Crippen LogP contribution >= 0.6 is 0 Å². The summed E-state index contributed by atoms with van der Waals surface area (Å²) in [5, 5.41) is 17.4. The summed E-state index contributed by atoms with van der Waals surface area (Å²) in [5.41, 5.74) is -0.305. The largest absolute Gasteiger partial charge is 0.478 e. The van der Waals surface area contributed by atoms with Gasteiger partial charge in [0.05, 0.1) is 17.1 Å². The normalized spacial score (nSPS) is 25.4. The van der Waals surface area contributed by atoms with E-state index >= 15 is 0 Å². The van der Waals surface area contributed by atoms with Gasteiger partial charge in [-0.25, -0.2) is 22.9 Å². The SMILES string of the molecule is CC1(C)Oc2cnc3nc2N(C1O)[C@H]1CCN(C1)C(=O)NCCCCCCNS(=O)(=O)c1ccc(cc1)N3. The van der Waals surface area contributed by atoms with E-state index in [1.54, 1.807) is 37.1 Å². The van der Waals surface area contributed by atoms with E-state index in [0.29, 0.717) is 56.3 Å². The van der Waals surface area contributed by atoms with Crippen molar-refractivity contribution in [2.75, 3.05) is 36.4 Å². The molecule has 2 atom stereocenters. The fraction of sp³-hybridized carbons (Fsp3) is 0.560. The quantitative estimate of drug-likeness (QED) is 0.391. The molecule has 5 heterocycles. The molecule has 4 aliphatic heterocycles. The first-order valence-corrected chi connectivity index (χ1v) is 14.5. The highest BCUT2D eigenvalue weighted by atomic mass is 32.2. The molecule has 1 fully saturated rings. The molecule has 0 radical (unpaired) electrons. The summed E-state index contributed by atoms with van der Waals surface area (Å²) in [5.74, 6) is 1.15. The van der Waals surface area contributed by atoms with Crippen LogP contribution in [0.25, 0.3) is 0 Å². The van der Waals surface area contributed by atoms with Crippen LogP contribution in [0.3, 0.4) is 0 Å². The number of urea groups is 1. The Morgan fingerprint density at radius 2 is 1.84 bits per heavy atom. The summed E-state index contributed by atoms with van der Waals surface area (Å²) in [6.45, 7) is 5.53. The number of nitrogens with one attached hydrogen (secondary N) is 3. The molecule has 38 heavy (non-hydrogen) atoms. The smallest absolute Gasteiger partial charge is 0.317 e. The van der Waals surface area contributed by atoms with Gasteiger partial charge in [-0.2, -0.15) is 4.98 Å². The van der Waals surface area contributed by atoms with Crippen LogP contribution in [0.5, 0.6) is 5.75 Å². The van der Waals surface area contributed by atoms with Crippen molar-refractivity contribution in [3.63, 3.8) is 0 Å². The minimum atomic E-state index is -3.62. The van der Waals surface area contributed by atoms with Gasteiger partial charge in [0.1, 0.15) is 5.60 Å². The maximum absolute atomic E-state index is 12.8. The van der Waals surface area contributed by atoms with Gasteiger partial charge in [-0.15, -0.1) is 0 Å². The van der Waals surface area contributed by atoms with Crippen LogP contribution in [0.15, 0.2) is 35.4 Å². The molecule has 0 spiro atoms. The van der Waals surface area contributed by atoms with Gasteiger partial charge in [0.15, 0.2) is 17.8 Å². The van der Waals surface area contributed by atoms with Gasteiger partial charge in [0.25, 0.3) is 0 Å². The highest BCUT2D eigenvalue weighted by molar-refractivity contribution is 7.89. The molecule has 2 aromatic rings. The molecule has 0 saturated carbocycles. The van der Waals surface area contributed by atoms with Crippen molar-refractivity contribution in [1.82, 2.24) is 24.9 Å². The van der Waals surface area contributed by atoms with Crippen LogP contribution in [0.2, 0.25) is 0 Å². The van der Waals surface area contributed by atoms with Gasteiger partial charge >= 0.3 is 6.03 Å². The summed E-state index contributed by atoms with van der Waals surface area (Å²) >= 11 is 0. The number of rotatable bonds is 0. The first-order valence-electron chi connectivity index (χ1n) is 13.1. The summed E-state index contributed by atoms with van der Waals surface area (Å²) < 4.78 is 34.0. The lowest BCUT2D eigenvalue weighted by Gasteiger charge is -2.46. The summed E-state index contributed by atoms with van der Waals surface area (Å²) in [6.07, 6.45) is 4.52. The molecule has 6 rings (SSSR count). The second-order valence-electron chi connectivity index (χ2n) is 10.4. The number of benzene rings is 1. The average molecular weight is 546 g/mol. The molecule has 0 aliphatic carbocycles. The number of hydrogen-bond acceptors (Lipinski definition) is 9. The lowest BCUT2D eigenvalue weighted by molar-refractivity contribution is -0.0456. The molecular weight excluding hydrogens is 510 g/mol. The predicted molar refractivity (Wildman–Crippen MR) is 142 cm³/mol. The maximum atomic E-state index is 12.8. The first-order chi connectivity index (χ1) is 18.1. The Labute approximate surface area is 222 Å². The van der Waals surface area contributed by atoms with E-state index < -0.39 is 21.9 Å². The summed E-state index contributed by atoms with van der Waals surface area (Å²) in [6, 6.07) is 6.10. The number of aliphatic hydroxyl groups is 1. The zero-order chi connectivity index (χ0) is 26.9. The summed E-state index contributed by atoms with van der Waals surface area (Å²) in [4.78, 5) is 25.6. The van der Waals surface area contributed by atoms with Gasteiger partial charge in [0, 0.05) is 31.9 Å². The number of aliphatic hydroxyl groups excluding tert-OH is 1. The maximum Gasteiger partial charge on any atom is 0.317 e. The Hall–Kier alpha value is -3.16. The fourth-order valence-electron chi connectivity index (χ4n) is 5.04. The topological polar surface area (TPSA) is 149 Å². The molecule has 1 saturated heterocycles. The first kappa shape index (κ1) is 26.4. The van der Waals surface area contributed by atoms with Crippen LogP contribution in [0, 0.1) is 0 Å². The molecule has 1 unspecified atom stereocenters. The Morgan fingerprint density at radius 3 is 2.61 bits per heavy atom. The highest BCUT2D eigenvalue weighted by Gasteiger charge is 2.46. The van der Waals surface area contributed by atoms with E-state index in [-0.39, 0.29) is 22.9 Å². The molecule has 2 amide bonds. The number of sulfonamides is 1. The van der Waals surface area contributed by atoms with Crippen molar-refractivity contribution in [3.05, 3.63) is 30.5 Å². The van der Waals surface area contributed by atoms with Crippen LogP contribution in [0.1, 0.15) is 46.0 Å².